The number of hydrogen-bond acceptors (Lipinski definition) is 12. The molecular formula is C42H52N5O9P. The van der Waals surface area contributed by atoms with Gasteiger partial charge in [0.2, 0.25) is 5.91 Å². The van der Waals surface area contributed by atoms with E-state index in [1.54, 1.807) is 21.3 Å². The number of methoxy groups -OCH3 is 3. The quantitative estimate of drug-likeness (QED) is 0.0602. The van der Waals surface area contributed by atoms with Gasteiger partial charge in [-0.15, -0.1) is 0 Å². The van der Waals surface area contributed by atoms with E-state index in [9.17, 15) is 14.9 Å². The number of benzene rings is 3. The third-order valence-electron chi connectivity index (χ3n) is 9.48. The molecule has 15 heteroatoms. The lowest BCUT2D eigenvalue weighted by molar-refractivity contribution is -0.114. The summed E-state index contributed by atoms with van der Waals surface area (Å²) in [6, 6.07) is 28.9. The number of nitriles is 1. The molecular weight excluding hydrogens is 749 g/mol. The molecule has 0 saturated carbocycles. The van der Waals surface area contributed by atoms with Gasteiger partial charge >= 0.3 is 5.69 Å². The second-order valence-electron chi connectivity index (χ2n) is 13.9. The van der Waals surface area contributed by atoms with Crippen LogP contribution in [0, 0.1) is 11.3 Å². The minimum Gasteiger partial charge on any atom is -0.497 e. The van der Waals surface area contributed by atoms with Crippen LogP contribution in [0.4, 0.5) is 5.82 Å². The van der Waals surface area contributed by atoms with Crippen molar-refractivity contribution in [1.82, 2.24) is 14.2 Å². The molecule has 14 nitrogen and oxygen atoms in total. The van der Waals surface area contributed by atoms with Crippen LogP contribution >= 0.6 is 8.53 Å². The summed E-state index contributed by atoms with van der Waals surface area (Å²) in [6.07, 6.45) is -1.91. The van der Waals surface area contributed by atoms with Gasteiger partial charge in [-0.2, -0.15) is 10.2 Å². The topological polar surface area (TPSA) is 156 Å². The molecule has 1 unspecified atom stereocenters. The Hall–Kier alpha value is -4.71. The van der Waals surface area contributed by atoms with Gasteiger partial charge in [0.05, 0.1) is 39.9 Å². The van der Waals surface area contributed by atoms with Crippen molar-refractivity contribution in [3.8, 4) is 17.6 Å². The van der Waals surface area contributed by atoms with Crippen LogP contribution in [0.25, 0.3) is 0 Å². The van der Waals surface area contributed by atoms with Crippen LogP contribution in [-0.4, -0.2) is 85.1 Å². The average molecular weight is 802 g/mol. The highest BCUT2D eigenvalue weighted by atomic mass is 31.2. The van der Waals surface area contributed by atoms with Gasteiger partial charge in [0.1, 0.15) is 41.2 Å². The molecule has 1 saturated heterocycles. The Morgan fingerprint density at radius 3 is 1.98 bits per heavy atom. The monoisotopic (exact) mass is 801 g/mol. The average Bonchev–Trinajstić information content (AvgIpc) is 3.54. The minimum absolute atomic E-state index is 0.000836. The van der Waals surface area contributed by atoms with Gasteiger partial charge in [-0.1, -0.05) is 54.6 Å². The molecule has 0 bridgehead atoms. The van der Waals surface area contributed by atoms with Crippen molar-refractivity contribution in [3.05, 3.63) is 118 Å². The molecule has 2 heterocycles. The molecule has 57 heavy (non-hydrogen) atoms. The lowest BCUT2D eigenvalue weighted by atomic mass is 9.80. The van der Waals surface area contributed by atoms with E-state index in [1.807, 2.05) is 107 Å². The van der Waals surface area contributed by atoms with E-state index in [0.717, 1.165) is 16.7 Å². The number of nitrogens with zero attached hydrogens (tertiary/aromatic N) is 4. The summed E-state index contributed by atoms with van der Waals surface area (Å²) >= 11 is 0. The molecule has 1 N–H and O–H groups in total. The number of hydrogen-bond donors (Lipinski definition) is 1. The molecule has 0 radical (unpaired) electrons. The van der Waals surface area contributed by atoms with Crippen molar-refractivity contribution in [1.29, 1.82) is 5.26 Å². The summed E-state index contributed by atoms with van der Waals surface area (Å²) in [5.41, 5.74) is 0.649. The van der Waals surface area contributed by atoms with E-state index in [2.05, 4.69) is 21.0 Å². The first-order valence-electron chi connectivity index (χ1n) is 18.8. The van der Waals surface area contributed by atoms with Crippen LogP contribution in [0.5, 0.6) is 11.5 Å². The first kappa shape index (κ1) is 43.4. The fourth-order valence-electron chi connectivity index (χ4n) is 7.00. The molecule has 304 valence electrons. The number of amides is 1. The second-order valence-corrected chi connectivity index (χ2v) is 15.3. The van der Waals surface area contributed by atoms with E-state index in [4.69, 9.17) is 32.7 Å². The Labute approximate surface area is 335 Å². The summed E-state index contributed by atoms with van der Waals surface area (Å²) < 4.78 is 47.8. The van der Waals surface area contributed by atoms with Gasteiger partial charge in [-0.3, -0.25) is 9.36 Å². The standard InChI is InChI=1S/C42H52N5O9P/c1-28(2)47(29(3)4)57(54-26-12-24-43)56-39-38(52-8)36(55-40(39)46-25-23-37(44-30(5)48)45-41(46)49)27-53-42(31-13-10-9-11-14-31,32-15-19-34(50-6)20-16-32)33-17-21-35(51-7)22-18-33/h9-11,13-23,25,28-29,36,38-40H,12,26-27H2,1-8H3,(H,44,45,48,49)/t36-,38-,39-,40-,57?/m1/s1. The third-order valence-corrected chi connectivity index (χ3v) is 11.6. The molecule has 1 aliphatic heterocycles. The Morgan fingerprint density at radius 2 is 1.49 bits per heavy atom. The molecule has 4 aromatic rings. The summed E-state index contributed by atoms with van der Waals surface area (Å²) in [7, 11) is 2.98. The fraction of sp³-hybridized carbons (Fsp3) is 0.429. The number of nitrogens with one attached hydrogen (secondary N) is 1. The maximum Gasteiger partial charge on any atom is 0.351 e. The van der Waals surface area contributed by atoms with Gasteiger partial charge in [0, 0.05) is 32.3 Å². The predicted octanol–water partition coefficient (Wildman–Crippen LogP) is 6.80. The number of ether oxygens (including phenoxy) is 5. The minimum atomic E-state index is -1.81. The third kappa shape index (κ3) is 10.1. The van der Waals surface area contributed by atoms with Crippen LogP contribution in [0.3, 0.4) is 0 Å². The number of carbonyl (C=O) groups excluding carboxylic acids is 1. The van der Waals surface area contributed by atoms with Gasteiger partial charge in [-0.25, -0.2) is 9.46 Å². The normalized spacial score (nSPS) is 18.8. The Kier molecular flexibility index (Phi) is 15.3. The second kappa shape index (κ2) is 20.1. The first-order valence-corrected chi connectivity index (χ1v) is 19.9. The van der Waals surface area contributed by atoms with Crippen molar-refractivity contribution in [2.24, 2.45) is 0 Å². The van der Waals surface area contributed by atoms with Crippen LogP contribution in [-0.2, 0) is 33.7 Å². The highest BCUT2D eigenvalue weighted by Gasteiger charge is 2.51. The summed E-state index contributed by atoms with van der Waals surface area (Å²) in [6.45, 7) is 9.59. The lowest BCUT2D eigenvalue weighted by Gasteiger charge is -2.38. The molecule has 0 spiro atoms. The Balaban J connectivity index is 1.62. The molecule has 1 aromatic heterocycles. The first-order chi connectivity index (χ1) is 27.5. The van der Waals surface area contributed by atoms with Crippen LogP contribution in [0.2, 0.25) is 0 Å². The molecule has 5 atom stereocenters. The molecule has 3 aromatic carbocycles. The van der Waals surface area contributed by atoms with Gasteiger partial charge in [0.25, 0.3) is 8.53 Å². The summed E-state index contributed by atoms with van der Waals surface area (Å²) in [4.78, 5) is 29.6. The highest BCUT2D eigenvalue weighted by Crippen LogP contribution is 2.51. The van der Waals surface area contributed by atoms with E-state index in [-0.39, 0.29) is 43.4 Å². The van der Waals surface area contributed by atoms with Gasteiger partial charge < -0.3 is 38.0 Å². The van der Waals surface area contributed by atoms with E-state index < -0.39 is 44.4 Å². The lowest BCUT2D eigenvalue weighted by Crippen LogP contribution is -2.42. The van der Waals surface area contributed by atoms with Crippen molar-refractivity contribution >= 4 is 20.3 Å². The van der Waals surface area contributed by atoms with Crippen LogP contribution < -0.4 is 20.5 Å². The largest absolute Gasteiger partial charge is 0.497 e. The van der Waals surface area contributed by atoms with Crippen LogP contribution in [0.15, 0.2) is 95.9 Å². The number of anilines is 1. The van der Waals surface area contributed by atoms with Gasteiger partial charge in [-0.05, 0) is 74.7 Å². The molecule has 1 aliphatic rings. The van der Waals surface area contributed by atoms with Gasteiger partial charge in [0.15, 0.2) is 6.23 Å². The number of aromatic nitrogens is 2. The SMILES string of the molecule is COc1ccc(C(OC[C@H]2O[C@@H](n3ccc(NC(C)=O)nc3=O)[C@H](OP(OCCC#N)N(C(C)C)C(C)C)[C@@H]2OC)(c2ccccc2)c2ccc(OC)cc2)cc1. The highest BCUT2D eigenvalue weighted by molar-refractivity contribution is 7.44. The maximum absolute atomic E-state index is 13.7. The Morgan fingerprint density at radius 1 is 0.912 bits per heavy atom. The number of rotatable bonds is 19. The number of carbonyl (C=O) groups is 1. The smallest absolute Gasteiger partial charge is 0.351 e. The zero-order chi connectivity index (χ0) is 41.1. The van der Waals surface area contributed by atoms with Crippen LogP contribution in [0.1, 0.15) is 64.0 Å². The fourth-order valence-corrected chi connectivity index (χ4v) is 8.74. The maximum atomic E-state index is 13.7. The van der Waals surface area contributed by atoms with E-state index >= 15 is 0 Å². The summed E-state index contributed by atoms with van der Waals surface area (Å²) in [5, 5.41) is 11.9. The Bertz CT molecular complexity index is 1930. The van der Waals surface area contributed by atoms with E-state index in [1.165, 1.54) is 23.8 Å². The van der Waals surface area contributed by atoms with Crippen molar-refractivity contribution in [3.63, 3.8) is 0 Å². The van der Waals surface area contributed by atoms with Crippen molar-refractivity contribution in [2.45, 2.75) is 83.3 Å². The summed E-state index contributed by atoms with van der Waals surface area (Å²) in [5.74, 6) is 1.10. The zero-order valence-corrected chi connectivity index (χ0v) is 34.6. The van der Waals surface area contributed by atoms with Crippen molar-refractivity contribution in [2.75, 3.05) is 39.9 Å². The molecule has 5 rings (SSSR count). The molecule has 0 aliphatic carbocycles. The van der Waals surface area contributed by atoms with Crippen molar-refractivity contribution < 1.29 is 37.5 Å². The predicted molar refractivity (Wildman–Crippen MR) is 216 cm³/mol. The van der Waals surface area contributed by atoms with E-state index in [0.29, 0.717) is 11.5 Å². The molecule has 1 fully saturated rings. The molecule has 1 amide bonds. The zero-order valence-electron chi connectivity index (χ0n) is 33.7.